The van der Waals surface area contributed by atoms with E-state index in [1.165, 1.54) is 0 Å². The van der Waals surface area contributed by atoms with E-state index >= 15 is 0 Å². The Bertz CT molecular complexity index is 437. The first-order valence-electron chi connectivity index (χ1n) is 6.73. The predicted molar refractivity (Wildman–Crippen MR) is 78.0 cm³/mol. The third kappa shape index (κ3) is 3.57. The maximum absolute atomic E-state index is 6.13. The van der Waals surface area contributed by atoms with Gasteiger partial charge in [-0.05, 0) is 12.8 Å². The number of hydrogen-bond acceptors (Lipinski definition) is 4. The number of rotatable bonds is 2. The van der Waals surface area contributed by atoms with E-state index in [1.807, 2.05) is 6.07 Å². The van der Waals surface area contributed by atoms with Gasteiger partial charge >= 0.3 is 0 Å². The lowest BCUT2D eigenvalue weighted by atomic mass is 9.96. The normalized spacial score (nSPS) is 17.8. The summed E-state index contributed by atoms with van der Waals surface area (Å²) < 4.78 is 5.39. The van der Waals surface area contributed by atoms with Crippen LogP contribution in [0.4, 0.5) is 5.82 Å². The van der Waals surface area contributed by atoms with E-state index in [4.69, 9.17) is 16.3 Å². The van der Waals surface area contributed by atoms with Crippen LogP contribution in [0.15, 0.2) is 6.07 Å². The molecular weight excluding hydrogens is 262 g/mol. The molecule has 1 aromatic heterocycles. The predicted octanol–water partition coefficient (Wildman–Crippen LogP) is 3.04. The first-order valence-corrected chi connectivity index (χ1v) is 7.11. The molecule has 19 heavy (non-hydrogen) atoms. The Morgan fingerprint density at radius 2 is 1.89 bits per heavy atom. The molecule has 4 nitrogen and oxygen atoms in total. The highest BCUT2D eigenvalue weighted by Gasteiger charge is 2.23. The van der Waals surface area contributed by atoms with Crippen LogP contribution >= 0.6 is 11.6 Å². The largest absolute Gasteiger partial charge is 0.381 e. The topological polar surface area (TPSA) is 38.2 Å². The standard InChI is InChI=1S/C14H22ClN3O/c1-14(2,3)13-16-11(15)9-12(17-13)18-7-5-10(19-4)6-8-18/h9-10H,5-8H2,1-4H3. The Morgan fingerprint density at radius 3 is 2.42 bits per heavy atom. The number of hydrogen-bond donors (Lipinski definition) is 0. The van der Waals surface area contributed by atoms with Crippen molar-refractivity contribution in [1.29, 1.82) is 0 Å². The number of halogens is 1. The number of methoxy groups -OCH3 is 1. The lowest BCUT2D eigenvalue weighted by Gasteiger charge is -2.32. The summed E-state index contributed by atoms with van der Waals surface area (Å²) in [6.45, 7) is 8.20. The minimum absolute atomic E-state index is 0.0928. The second-order valence-corrected chi connectivity index (χ2v) is 6.43. The molecule has 5 heteroatoms. The summed E-state index contributed by atoms with van der Waals surface area (Å²) in [5.41, 5.74) is -0.0928. The van der Waals surface area contributed by atoms with Crippen molar-refractivity contribution in [2.45, 2.75) is 45.1 Å². The smallest absolute Gasteiger partial charge is 0.137 e. The molecule has 1 fully saturated rings. The van der Waals surface area contributed by atoms with Crippen LogP contribution in [-0.4, -0.2) is 36.3 Å². The van der Waals surface area contributed by atoms with Crippen molar-refractivity contribution in [3.05, 3.63) is 17.0 Å². The van der Waals surface area contributed by atoms with E-state index in [2.05, 4.69) is 35.6 Å². The molecule has 1 aliphatic heterocycles. The molecule has 0 amide bonds. The number of aromatic nitrogens is 2. The Balaban J connectivity index is 2.19. The zero-order chi connectivity index (χ0) is 14.0. The lowest BCUT2D eigenvalue weighted by molar-refractivity contribution is 0.0818. The second kappa shape index (κ2) is 5.63. The first kappa shape index (κ1) is 14.5. The van der Waals surface area contributed by atoms with Gasteiger partial charge in [-0.15, -0.1) is 0 Å². The van der Waals surface area contributed by atoms with Gasteiger partial charge in [-0.25, -0.2) is 9.97 Å². The zero-order valence-electron chi connectivity index (χ0n) is 12.1. The highest BCUT2D eigenvalue weighted by molar-refractivity contribution is 6.29. The summed E-state index contributed by atoms with van der Waals surface area (Å²) in [5, 5.41) is 0.517. The molecule has 0 spiro atoms. The maximum Gasteiger partial charge on any atom is 0.137 e. The van der Waals surface area contributed by atoms with Crippen LogP contribution in [0.3, 0.4) is 0 Å². The van der Waals surface area contributed by atoms with Crippen LogP contribution in [0.5, 0.6) is 0 Å². The molecule has 0 N–H and O–H groups in total. The molecule has 2 rings (SSSR count). The van der Waals surface area contributed by atoms with Crippen molar-refractivity contribution < 1.29 is 4.74 Å². The molecular formula is C14H22ClN3O. The highest BCUT2D eigenvalue weighted by Crippen LogP contribution is 2.26. The third-order valence-electron chi connectivity index (χ3n) is 3.45. The van der Waals surface area contributed by atoms with E-state index in [0.717, 1.165) is 37.6 Å². The Labute approximate surface area is 120 Å². The summed E-state index contributed by atoms with van der Waals surface area (Å²) in [6, 6.07) is 1.85. The first-order chi connectivity index (χ1) is 8.90. The van der Waals surface area contributed by atoms with Crippen LogP contribution in [0, 0.1) is 0 Å². The molecule has 106 valence electrons. The van der Waals surface area contributed by atoms with Crippen molar-refractivity contribution in [2.75, 3.05) is 25.1 Å². The fourth-order valence-corrected chi connectivity index (χ4v) is 2.40. The van der Waals surface area contributed by atoms with Crippen LogP contribution in [-0.2, 0) is 10.2 Å². The lowest BCUT2D eigenvalue weighted by Crippen LogP contribution is -2.37. The zero-order valence-corrected chi connectivity index (χ0v) is 12.9. The molecule has 1 saturated heterocycles. The minimum atomic E-state index is -0.0928. The van der Waals surface area contributed by atoms with Crippen LogP contribution in [0.2, 0.25) is 5.15 Å². The van der Waals surface area contributed by atoms with Gasteiger partial charge in [0.25, 0.3) is 0 Å². The van der Waals surface area contributed by atoms with Gasteiger partial charge in [0.1, 0.15) is 16.8 Å². The van der Waals surface area contributed by atoms with Crippen LogP contribution < -0.4 is 4.90 Å². The van der Waals surface area contributed by atoms with Crippen LogP contribution in [0.25, 0.3) is 0 Å². The Morgan fingerprint density at radius 1 is 1.26 bits per heavy atom. The van der Waals surface area contributed by atoms with Gasteiger partial charge in [0.2, 0.25) is 0 Å². The van der Waals surface area contributed by atoms with Gasteiger partial charge < -0.3 is 9.64 Å². The molecule has 0 bridgehead atoms. The minimum Gasteiger partial charge on any atom is -0.381 e. The van der Waals surface area contributed by atoms with E-state index in [0.29, 0.717) is 11.3 Å². The van der Waals surface area contributed by atoms with Gasteiger partial charge in [0.05, 0.1) is 6.10 Å². The number of anilines is 1. The summed E-state index contributed by atoms with van der Waals surface area (Å²) >= 11 is 6.13. The molecule has 2 heterocycles. The van der Waals surface area contributed by atoms with Crippen molar-refractivity contribution in [2.24, 2.45) is 0 Å². The van der Waals surface area contributed by atoms with Gasteiger partial charge in [-0.1, -0.05) is 32.4 Å². The molecule has 0 aromatic carbocycles. The summed E-state index contributed by atoms with van der Waals surface area (Å²) in [7, 11) is 1.78. The van der Waals surface area contributed by atoms with Gasteiger partial charge in [0, 0.05) is 31.7 Å². The van der Waals surface area contributed by atoms with Crippen molar-refractivity contribution >= 4 is 17.4 Å². The molecule has 0 saturated carbocycles. The monoisotopic (exact) mass is 283 g/mol. The Hall–Kier alpha value is -0.870. The average molecular weight is 284 g/mol. The molecule has 1 aliphatic rings. The fourth-order valence-electron chi connectivity index (χ4n) is 2.22. The summed E-state index contributed by atoms with van der Waals surface area (Å²) in [6.07, 6.45) is 2.43. The van der Waals surface area contributed by atoms with Gasteiger partial charge in [-0.2, -0.15) is 0 Å². The molecule has 0 aliphatic carbocycles. The molecule has 0 atom stereocenters. The van der Waals surface area contributed by atoms with E-state index < -0.39 is 0 Å². The van der Waals surface area contributed by atoms with Crippen LogP contribution in [0.1, 0.15) is 39.4 Å². The number of ether oxygens (including phenoxy) is 1. The summed E-state index contributed by atoms with van der Waals surface area (Å²) in [5.74, 6) is 1.73. The van der Waals surface area contributed by atoms with E-state index in [-0.39, 0.29) is 5.41 Å². The molecule has 0 radical (unpaired) electrons. The van der Waals surface area contributed by atoms with Crippen molar-refractivity contribution in [1.82, 2.24) is 9.97 Å². The van der Waals surface area contributed by atoms with Gasteiger partial charge in [0.15, 0.2) is 0 Å². The molecule has 0 unspecified atom stereocenters. The third-order valence-corrected chi connectivity index (χ3v) is 3.65. The van der Waals surface area contributed by atoms with Crippen molar-refractivity contribution in [3.8, 4) is 0 Å². The maximum atomic E-state index is 6.13. The SMILES string of the molecule is COC1CCN(c2cc(Cl)nc(C(C)(C)C)n2)CC1. The van der Waals surface area contributed by atoms with Gasteiger partial charge in [-0.3, -0.25) is 0 Å². The quantitative estimate of drug-likeness (QED) is 0.782. The summed E-state index contributed by atoms with van der Waals surface area (Å²) in [4.78, 5) is 11.3. The average Bonchev–Trinajstić information content (AvgIpc) is 2.37. The number of piperidine rings is 1. The van der Waals surface area contributed by atoms with E-state index in [1.54, 1.807) is 7.11 Å². The second-order valence-electron chi connectivity index (χ2n) is 6.04. The fraction of sp³-hybridized carbons (Fsp3) is 0.714. The van der Waals surface area contributed by atoms with Crippen molar-refractivity contribution in [3.63, 3.8) is 0 Å². The van der Waals surface area contributed by atoms with E-state index in [9.17, 15) is 0 Å². The Kier molecular flexibility index (Phi) is 4.31. The highest BCUT2D eigenvalue weighted by atomic mass is 35.5. The number of nitrogens with zero attached hydrogens (tertiary/aromatic N) is 3. The molecule has 1 aromatic rings.